The van der Waals surface area contributed by atoms with Crippen LogP contribution < -0.4 is 10.2 Å². The van der Waals surface area contributed by atoms with Crippen LogP contribution in [0.5, 0.6) is 0 Å². The first-order valence-electron chi connectivity index (χ1n) is 7.92. The first kappa shape index (κ1) is 14.2. The molecule has 0 radical (unpaired) electrons. The summed E-state index contributed by atoms with van der Waals surface area (Å²) < 4.78 is 0. The highest BCUT2D eigenvalue weighted by Crippen LogP contribution is 2.27. The number of hydrogen-bond acceptors (Lipinski definition) is 2. The van der Waals surface area contributed by atoms with Gasteiger partial charge in [-0.25, -0.2) is 0 Å². The van der Waals surface area contributed by atoms with Crippen LogP contribution in [0.15, 0.2) is 48.5 Å². The van der Waals surface area contributed by atoms with Crippen LogP contribution in [0.3, 0.4) is 0 Å². The molecule has 0 aromatic heterocycles. The number of hydrogen-bond donors (Lipinski definition) is 1. The largest absolute Gasteiger partial charge is 0.371 e. The summed E-state index contributed by atoms with van der Waals surface area (Å²) in [6.45, 7) is 6.56. The van der Waals surface area contributed by atoms with Gasteiger partial charge in [0.25, 0.3) is 0 Å². The fourth-order valence-corrected chi connectivity index (χ4v) is 3.07. The SMILES string of the molecule is Cc1ccccc1CNCCCN1CCc2ccccc21. The van der Waals surface area contributed by atoms with Gasteiger partial charge in [-0.05, 0) is 49.1 Å². The van der Waals surface area contributed by atoms with Crippen molar-refractivity contribution in [3.05, 3.63) is 65.2 Å². The van der Waals surface area contributed by atoms with Crippen molar-refractivity contribution >= 4 is 5.69 Å². The maximum absolute atomic E-state index is 3.56. The molecule has 0 aliphatic carbocycles. The molecule has 0 saturated carbocycles. The average Bonchev–Trinajstić information content (AvgIpc) is 2.92. The molecule has 1 aliphatic heterocycles. The zero-order chi connectivity index (χ0) is 14.5. The van der Waals surface area contributed by atoms with Crippen LogP contribution in [0.4, 0.5) is 5.69 Å². The second kappa shape index (κ2) is 6.77. The second-order valence-electron chi connectivity index (χ2n) is 5.82. The molecule has 1 N–H and O–H groups in total. The van der Waals surface area contributed by atoms with E-state index in [0.717, 1.165) is 19.6 Å². The minimum atomic E-state index is 0.975. The van der Waals surface area contributed by atoms with Crippen LogP contribution in [0.2, 0.25) is 0 Å². The molecular formula is C19H24N2. The van der Waals surface area contributed by atoms with E-state index >= 15 is 0 Å². The summed E-state index contributed by atoms with van der Waals surface area (Å²) in [4.78, 5) is 2.52. The highest BCUT2D eigenvalue weighted by molar-refractivity contribution is 5.57. The molecule has 1 heterocycles. The summed E-state index contributed by atoms with van der Waals surface area (Å²) in [7, 11) is 0. The Morgan fingerprint density at radius 2 is 1.86 bits per heavy atom. The van der Waals surface area contributed by atoms with Crippen LogP contribution in [0.1, 0.15) is 23.1 Å². The molecule has 2 heteroatoms. The highest BCUT2D eigenvalue weighted by Gasteiger charge is 2.17. The van der Waals surface area contributed by atoms with Gasteiger partial charge < -0.3 is 10.2 Å². The van der Waals surface area contributed by atoms with E-state index in [1.54, 1.807) is 0 Å². The lowest BCUT2D eigenvalue weighted by Gasteiger charge is -2.19. The van der Waals surface area contributed by atoms with E-state index in [1.807, 2.05) is 0 Å². The normalized spacial score (nSPS) is 13.5. The smallest absolute Gasteiger partial charge is 0.0399 e. The summed E-state index contributed by atoms with van der Waals surface area (Å²) in [5, 5.41) is 3.56. The summed E-state index contributed by atoms with van der Waals surface area (Å²) in [5.41, 5.74) is 5.73. The van der Waals surface area contributed by atoms with Gasteiger partial charge >= 0.3 is 0 Å². The first-order valence-corrected chi connectivity index (χ1v) is 7.92. The maximum Gasteiger partial charge on any atom is 0.0399 e. The van der Waals surface area contributed by atoms with E-state index in [9.17, 15) is 0 Å². The van der Waals surface area contributed by atoms with Gasteiger partial charge in [0.2, 0.25) is 0 Å². The molecule has 0 spiro atoms. The van der Waals surface area contributed by atoms with Gasteiger partial charge in [-0.2, -0.15) is 0 Å². The van der Waals surface area contributed by atoms with Crippen LogP contribution in [-0.4, -0.2) is 19.6 Å². The van der Waals surface area contributed by atoms with E-state index < -0.39 is 0 Å². The Labute approximate surface area is 127 Å². The maximum atomic E-state index is 3.56. The monoisotopic (exact) mass is 280 g/mol. The zero-order valence-electron chi connectivity index (χ0n) is 12.8. The Kier molecular flexibility index (Phi) is 4.56. The lowest BCUT2D eigenvalue weighted by Crippen LogP contribution is -2.25. The van der Waals surface area contributed by atoms with Gasteiger partial charge in [0, 0.05) is 25.3 Å². The third kappa shape index (κ3) is 3.45. The number of para-hydroxylation sites is 1. The van der Waals surface area contributed by atoms with Crippen LogP contribution in [-0.2, 0) is 13.0 Å². The van der Waals surface area contributed by atoms with Crippen LogP contribution >= 0.6 is 0 Å². The van der Waals surface area contributed by atoms with Gasteiger partial charge in [-0.1, -0.05) is 42.5 Å². The van der Waals surface area contributed by atoms with E-state index in [1.165, 1.54) is 41.8 Å². The molecule has 3 rings (SSSR count). The third-order valence-corrected chi connectivity index (χ3v) is 4.34. The Morgan fingerprint density at radius 3 is 2.76 bits per heavy atom. The van der Waals surface area contributed by atoms with Gasteiger partial charge in [-0.15, -0.1) is 0 Å². The van der Waals surface area contributed by atoms with Crippen LogP contribution in [0, 0.1) is 6.92 Å². The number of fused-ring (bicyclic) bond motifs is 1. The average molecular weight is 280 g/mol. The quantitative estimate of drug-likeness (QED) is 0.814. The molecule has 2 aromatic rings. The van der Waals surface area contributed by atoms with Crippen molar-refractivity contribution in [1.82, 2.24) is 5.32 Å². The predicted octanol–water partition coefficient (Wildman–Crippen LogP) is 3.54. The molecular weight excluding hydrogens is 256 g/mol. The molecule has 0 saturated heterocycles. The van der Waals surface area contributed by atoms with Crippen molar-refractivity contribution in [2.45, 2.75) is 26.3 Å². The topological polar surface area (TPSA) is 15.3 Å². The molecule has 1 aliphatic rings. The molecule has 0 amide bonds. The zero-order valence-corrected chi connectivity index (χ0v) is 12.8. The number of anilines is 1. The van der Waals surface area contributed by atoms with Gasteiger partial charge in [0.1, 0.15) is 0 Å². The molecule has 0 fully saturated rings. The number of nitrogens with one attached hydrogen (secondary N) is 1. The molecule has 2 aromatic carbocycles. The molecule has 0 unspecified atom stereocenters. The summed E-state index contributed by atoms with van der Waals surface area (Å²) in [6.07, 6.45) is 2.40. The second-order valence-corrected chi connectivity index (χ2v) is 5.82. The molecule has 2 nitrogen and oxygen atoms in total. The highest BCUT2D eigenvalue weighted by atomic mass is 15.1. The van der Waals surface area contributed by atoms with Crippen molar-refractivity contribution in [3.8, 4) is 0 Å². The van der Waals surface area contributed by atoms with Gasteiger partial charge in [0.15, 0.2) is 0 Å². The summed E-state index contributed by atoms with van der Waals surface area (Å²) in [5.74, 6) is 0. The molecule has 110 valence electrons. The van der Waals surface area contributed by atoms with Crippen molar-refractivity contribution in [1.29, 1.82) is 0 Å². The van der Waals surface area contributed by atoms with E-state index in [2.05, 4.69) is 65.7 Å². The Balaban J connectivity index is 1.41. The van der Waals surface area contributed by atoms with Crippen molar-refractivity contribution in [3.63, 3.8) is 0 Å². The molecule has 0 bridgehead atoms. The van der Waals surface area contributed by atoms with Crippen molar-refractivity contribution in [2.75, 3.05) is 24.5 Å². The number of rotatable bonds is 6. The van der Waals surface area contributed by atoms with Crippen molar-refractivity contribution in [2.24, 2.45) is 0 Å². The van der Waals surface area contributed by atoms with Gasteiger partial charge in [0.05, 0.1) is 0 Å². The minimum Gasteiger partial charge on any atom is -0.371 e. The first-order chi connectivity index (χ1) is 10.3. The Hall–Kier alpha value is -1.80. The number of aryl methyl sites for hydroxylation is 1. The third-order valence-electron chi connectivity index (χ3n) is 4.34. The predicted molar refractivity (Wildman–Crippen MR) is 89.9 cm³/mol. The molecule has 21 heavy (non-hydrogen) atoms. The van der Waals surface area contributed by atoms with E-state index in [4.69, 9.17) is 0 Å². The fraction of sp³-hybridized carbons (Fsp3) is 0.368. The minimum absolute atomic E-state index is 0.975. The van der Waals surface area contributed by atoms with E-state index in [-0.39, 0.29) is 0 Å². The van der Waals surface area contributed by atoms with Gasteiger partial charge in [-0.3, -0.25) is 0 Å². The lowest BCUT2D eigenvalue weighted by atomic mass is 10.1. The standard InChI is InChI=1S/C19H24N2/c1-16-7-2-3-9-18(16)15-20-12-6-13-21-14-11-17-8-4-5-10-19(17)21/h2-5,7-10,20H,6,11-15H2,1H3. The van der Waals surface area contributed by atoms with Crippen molar-refractivity contribution < 1.29 is 0 Å². The number of benzene rings is 2. The Bertz CT molecular complexity index is 592. The Morgan fingerprint density at radius 1 is 1.05 bits per heavy atom. The lowest BCUT2D eigenvalue weighted by molar-refractivity contribution is 0.637. The van der Waals surface area contributed by atoms with E-state index in [0.29, 0.717) is 0 Å². The summed E-state index contributed by atoms with van der Waals surface area (Å²) >= 11 is 0. The summed E-state index contributed by atoms with van der Waals surface area (Å²) in [6, 6.07) is 17.4. The molecule has 0 atom stereocenters. The fourth-order valence-electron chi connectivity index (χ4n) is 3.07. The van der Waals surface area contributed by atoms with Crippen LogP contribution in [0.25, 0.3) is 0 Å². The number of nitrogens with zero attached hydrogens (tertiary/aromatic N) is 1.